The Morgan fingerprint density at radius 3 is 2.32 bits per heavy atom. The van der Waals surface area contributed by atoms with Gasteiger partial charge in [-0.1, -0.05) is 0 Å². The SMILES string of the molecule is O=c1c2nc(-c3ccc(F)cc3F)cn2ccn1-c1ccc(F)cc1. The van der Waals surface area contributed by atoms with E-state index >= 15 is 0 Å². The van der Waals surface area contributed by atoms with Crippen LogP contribution < -0.4 is 5.56 Å². The number of hydrogen-bond acceptors (Lipinski definition) is 2. The summed E-state index contributed by atoms with van der Waals surface area (Å²) in [6.45, 7) is 0. The van der Waals surface area contributed by atoms with Gasteiger partial charge in [0, 0.05) is 35.9 Å². The fraction of sp³-hybridized carbons (Fsp3) is 0. The van der Waals surface area contributed by atoms with Gasteiger partial charge in [-0.05, 0) is 36.4 Å². The highest BCUT2D eigenvalue weighted by Crippen LogP contribution is 2.22. The zero-order valence-corrected chi connectivity index (χ0v) is 12.7. The Kier molecular flexibility index (Phi) is 3.42. The molecule has 0 bridgehead atoms. The van der Waals surface area contributed by atoms with E-state index in [1.54, 1.807) is 6.20 Å². The van der Waals surface area contributed by atoms with E-state index in [0.717, 1.165) is 12.1 Å². The summed E-state index contributed by atoms with van der Waals surface area (Å²) in [7, 11) is 0. The van der Waals surface area contributed by atoms with E-state index in [2.05, 4.69) is 4.98 Å². The molecule has 2 aromatic carbocycles. The van der Waals surface area contributed by atoms with Gasteiger partial charge >= 0.3 is 0 Å². The van der Waals surface area contributed by atoms with E-state index in [-0.39, 0.29) is 16.9 Å². The number of fused-ring (bicyclic) bond motifs is 1. The second-order valence-electron chi connectivity index (χ2n) is 5.43. The van der Waals surface area contributed by atoms with E-state index in [1.165, 1.54) is 51.7 Å². The van der Waals surface area contributed by atoms with E-state index in [1.807, 2.05) is 0 Å². The maximum absolute atomic E-state index is 13.9. The number of benzene rings is 2. The van der Waals surface area contributed by atoms with Crippen molar-refractivity contribution in [2.45, 2.75) is 0 Å². The van der Waals surface area contributed by atoms with Gasteiger partial charge in [-0.3, -0.25) is 9.36 Å². The Balaban J connectivity index is 1.88. The highest BCUT2D eigenvalue weighted by molar-refractivity contribution is 5.63. The van der Waals surface area contributed by atoms with Gasteiger partial charge in [0.2, 0.25) is 5.65 Å². The molecule has 0 aliphatic heterocycles. The Morgan fingerprint density at radius 2 is 1.60 bits per heavy atom. The van der Waals surface area contributed by atoms with Crippen LogP contribution in [-0.4, -0.2) is 14.0 Å². The van der Waals surface area contributed by atoms with Crippen molar-refractivity contribution in [1.29, 1.82) is 0 Å². The molecule has 2 aromatic heterocycles. The average Bonchev–Trinajstić information content (AvgIpc) is 3.01. The quantitative estimate of drug-likeness (QED) is 0.559. The van der Waals surface area contributed by atoms with Gasteiger partial charge in [0.25, 0.3) is 5.56 Å². The van der Waals surface area contributed by atoms with E-state index in [0.29, 0.717) is 5.69 Å². The second-order valence-corrected chi connectivity index (χ2v) is 5.43. The third kappa shape index (κ3) is 2.59. The zero-order chi connectivity index (χ0) is 17.6. The molecule has 4 rings (SSSR count). The standard InChI is InChI=1S/C18H10F3N3O/c19-11-1-4-13(5-2-11)24-8-7-23-10-16(22-17(23)18(24)25)14-6-3-12(20)9-15(14)21/h1-10H. The van der Waals surface area contributed by atoms with Crippen LogP contribution >= 0.6 is 0 Å². The lowest BCUT2D eigenvalue weighted by Crippen LogP contribution is -2.19. The monoisotopic (exact) mass is 341 g/mol. The third-order valence-corrected chi connectivity index (χ3v) is 3.83. The molecule has 124 valence electrons. The first-order valence-electron chi connectivity index (χ1n) is 7.35. The van der Waals surface area contributed by atoms with Crippen molar-refractivity contribution in [2.75, 3.05) is 0 Å². The summed E-state index contributed by atoms with van der Waals surface area (Å²) in [6, 6.07) is 8.58. The van der Waals surface area contributed by atoms with Gasteiger partial charge in [0.1, 0.15) is 17.5 Å². The molecule has 0 unspecified atom stereocenters. The lowest BCUT2D eigenvalue weighted by molar-refractivity contribution is 0.585. The predicted octanol–water partition coefficient (Wildman–Crippen LogP) is 3.57. The minimum absolute atomic E-state index is 0.0746. The molecule has 2 heterocycles. The van der Waals surface area contributed by atoms with Crippen molar-refractivity contribution in [3.05, 3.63) is 88.9 Å². The van der Waals surface area contributed by atoms with Crippen LogP contribution in [0, 0.1) is 17.5 Å². The second kappa shape index (κ2) is 5.62. The summed E-state index contributed by atoms with van der Waals surface area (Å²) >= 11 is 0. The number of nitrogens with zero attached hydrogens (tertiary/aromatic N) is 3. The Hall–Kier alpha value is -3.35. The van der Waals surface area contributed by atoms with Crippen LogP contribution in [0.3, 0.4) is 0 Å². The molecule has 0 saturated carbocycles. The maximum Gasteiger partial charge on any atom is 0.298 e. The summed E-state index contributed by atoms with van der Waals surface area (Å²) in [4.78, 5) is 16.8. The number of hydrogen-bond donors (Lipinski definition) is 0. The normalized spacial score (nSPS) is 11.2. The fourth-order valence-corrected chi connectivity index (χ4v) is 2.61. The minimum atomic E-state index is -0.762. The largest absolute Gasteiger partial charge is 0.300 e. The zero-order valence-electron chi connectivity index (χ0n) is 12.7. The number of rotatable bonds is 2. The summed E-state index contributed by atoms with van der Waals surface area (Å²) in [6.07, 6.45) is 4.58. The first-order valence-corrected chi connectivity index (χ1v) is 7.35. The first-order chi connectivity index (χ1) is 12.0. The molecule has 7 heteroatoms. The van der Waals surface area contributed by atoms with Crippen LogP contribution in [0.25, 0.3) is 22.6 Å². The molecule has 25 heavy (non-hydrogen) atoms. The van der Waals surface area contributed by atoms with Gasteiger partial charge in [-0.25, -0.2) is 18.2 Å². The summed E-state index contributed by atoms with van der Waals surface area (Å²) in [5, 5.41) is 0. The predicted molar refractivity (Wildman–Crippen MR) is 86.1 cm³/mol. The molecular weight excluding hydrogens is 331 g/mol. The summed E-state index contributed by atoms with van der Waals surface area (Å²) < 4.78 is 42.8. The molecule has 0 amide bonds. The fourth-order valence-electron chi connectivity index (χ4n) is 2.61. The molecule has 4 aromatic rings. The molecule has 0 radical (unpaired) electrons. The Morgan fingerprint density at radius 1 is 0.880 bits per heavy atom. The summed E-state index contributed by atoms with van der Waals surface area (Å²) in [5.41, 5.74) is 0.420. The number of halogens is 3. The van der Waals surface area contributed by atoms with Gasteiger partial charge in [-0.15, -0.1) is 0 Å². The number of imidazole rings is 1. The molecule has 0 aliphatic rings. The average molecular weight is 341 g/mol. The molecule has 0 N–H and O–H groups in total. The van der Waals surface area contributed by atoms with Crippen molar-refractivity contribution in [2.24, 2.45) is 0 Å². The number of aromatic nitrogens is 3. The highest BCUT2D eigenvalue weighted by atomic mass is 19.1. The molecule has 0 saturated heterocycles. The Bertz CT molecular complexity index is 1150. The van der Waals surface area contributed by atoms with Crippen LogP contribution in [0.1, 0.15) is 0 Å². The summed E-state index contributed by atoms with van der Waals surface area (Å²) in [5.74, 6) is -1.86. The molecule has 0 spiro atoms. The van der Waals surface area contributed by atoms with Crippen molar-refractivity contribution >= 4 is 5.65 Å². The van der Waals surface area contributed by atoms with Gasteiger partial charge in [0.15, 0.2) is 0 Å². The van der Waals surface area contributed by atoms with Gasteiger partial charge in [0.05, 0.1) is 5.69 Å². The van der Waals surface area contributed by atoms with Crippen LogP contribution in [0.4, 0.5) is 13.2 Å². The van der Waals surface area contributed by atoms with Crippen molar-refractivity contribution in [1.82, 2.24) is 14.0 Å². The topological polar surface area (TPSA) is 39.3 Å². The Labute approximate surface area is 139 Å². The molecule has 0 atom stereocenters. The van der Waals surface area contributed by atoms with E-state index in [9.17, 15) is 18.0 Å². The molecular formula is C18H10F3N3O. The van der Waals surface area contributed by atoms with Crippen molar-refractivity contribution in [3.8, 4) is 16.9 Å². The lowest BCUT2D eigenvalue weighted by Gasteiger charge is -2.05. The van der Waals surface area contributed by atoms with Crippen LogP contribution in [0.2, 0.25) is 0 Å². The smallest absolute Gasteiger partial charge is 0.298 e. The third-order valence-electron chi connectivity index (χ3n) is 3.83. The van der Waals surface area contributed by atoms with Crippen LogP contribution in [0.15, 0.2) is 65.8 Å². The van der Waals surface area contributed by atoms with Gasteiger partial charge < -0.3 is 4.40 Å². The molecule has 0 fully saturated rings. The van der Waals surface area contributed by atoms with Gasteiger partial charge in [-0.2, -0.15) is 0 Å². The van der Waals surface area contributed by atoms with Crippen molar-refractivity contribution in [3.63, 3.8) is 0 Å². The van der Waals surface area contributed by atoms with E-state index < -0.39 is 23.0 Å². The maximum atomic E-state index is 13.9. The minimum Gasteiger partial charge on any atom is -0.300 e. The van der Waals surface area contributed by atoms with E-state index in [4.69, 9.17) is 0 Å². The lowest BCUT2D eigenvalue weighted by atomic mass is 10.1. The highest BCUT2D eigenvalue weighted by Gasteiger charge is 2.13. The van der Waals surface area contributed by atoms with Crippen LogP contribution in [-0.2, 0) is 0 Å². The van der Waals surface area contributed by atoms with Crippen molar-refractivity contribution < 1.29 is 13.2 Å². The molecule has 4 nitrogen and oxygen atoms in total. The first kappa shape index (κ1) is 15.2. The molecule has 0 aliphatic carbocycles. The van der Waals surface area contributed by atoms with Crippen LogP contribution in [0.5, 0.6) is 0 Å².